The maximum Gasteiger partial charge on any atom is 0.395 e. The van der Waals surface area contributed by atoms with Gasteiger partial charge < -0.3 is 15.1 Å². The minimum atomic E-state index is -1.22. The van der Waals surface area contributed by atoms with Gasteiger partial charge in [-0.15, -0.1) is 0 Å². The first-order chi connectivity index (χ1) is 5.31. The zero-order valence-electron chi connectivity index (χ0n) is 7.25. The van der Waals surface area contributed by atoms with E-state index in [-0.39, 0.29) is 0 Å². The number of ether oxygens (including phenoxy) is 1. The van der Waals surface area contributed by atoms with E-state index in [2.05, 4.69) is 0 Å². The summed E-state index contributed by atoms with van der Waals surface area (Å²) in [5, 5.41) is 10.1. The molecule has 1 amide bonds. The molecule has 0 aromatic carbocycles. The quantitative estimate of drug-likeness (QED) is 0.604. The molecule has 67 valence electrons. The summed E-state index contributed by atoms with van der Waals surface area (Å²) in [5.74, 6) is -1.22. The summed E-state index contributed by atoms with van der Waals surface area (Å²) in [7, 11) is 0.619. The van der Waals surface area contributed by atoms with Crippen LogP contribution in [0.25, 0.3) is 0 Å². The third-order valence-corrected chi connectivity index (χ3v) is 0.712. The lowest BCUT2D eigenvalue weighted by Gasteiger charge is -2.19. The highest BCUT2D eigenvalue weighted by atomic mass is 16.6. The molecule has 0 aliphatic heterocycles. The van der Waals surface area contributed by atoms with Crippen LogP contribution in [0.2, 0.25) is 0 Å². The highest BCUT2D eigenvalue weighted by Crippen LogP contribution is 2.05. The van der Waals surface area contributed by atoms with Gasteiger partial charge in [-0.05, 0) is 20.8 Å². The van der Waals surface area contributed by atoms with Crippen molar-refractivity contribution in [1.29, 1.82) is 0 Å². The molecule has 6 heteroatoms. The largest absolute Gasteiger partial charge is 0.488 e. The predicted molar refractivity (Wildman–Crippen MR) is 43.1 cm³/mol. The van der Waals surface area contributed by atoms with Crippen molar-refractivity contribution in [3.63, 3.8) is 0 Å². The van der Waals surface area contributed by atoms with Gasteiger partial charge in [-0.1, -0.05) is 0 Å². The van der Waals surface area contributed by atoms with Crippen molar-refractivity contribution in [2.75, 3.05) is 0 Å². The second kappa shape index (κ2) is 3.99. The minimum Gasteiger partial charge on any atom is -0.488 e. The number of carbonyl (C=O) groups is 2. The second-order valence-corrected chi connectivity index (χ2v) is 3.13. The predicted octanol–water partition coefficient (Wildman–Crippen LogP) is 0.808. The number of amides is 1. The molecule has 0 aromatic heterocycles. The minimum absolute atomic E-state index is 0.615. The molecule has 0 saturated heterocycles. The molecule has 12 heavy (non-hydrogen) atoms. The first kappa shape index (κ1) is 10.8. The van der Waals surface area contributed by atoms with Crippen LogP contribution in [-0.2, 0) is 4.74 Å². The van der Waals surface area contributed by atoms with Crippen LogP contribution >= 0.6 is 0 Å². The molecule has 0 aliphatic rings. The number of hydrogen-bond donors (Lipinski definition) is 2. The Hall–Kier alpha value is -1.20. The maximum atomic E-state index is 10.7. The molecule has 0 heterocycles. The first-order valence-corrected chi connectivity index (χ1v) is 3.37. The molecule has 0 spiro atoms. The number of carbonyl (C=O) groups excluding carboxylic acids is 1. The Morgan fingerprint density at radius 3 is 2.25 bits per heavy atom. The zero-order chi connectivity index (χ0) is 9.78. The van der Waals surface area contributed by atoms with E-state index in [1.807, 2.05) is 5.23 Å². The Balaban J connectivity index is 3.68. The van der Waals surface area contributed by atoms with Crippen LogP contribution in [0, 0.1) is 0 Å². The molecule has 1 radical (unpaired) electrons. The fourth-order valence-corrected chi connectivity index (χ4v) is 0.428. The fourth-order valence-electron chi connectivity index (χ4n) is 0.428. The Kier molecular flexibility index (Phi) is 3.59. The SMILES string of the molecule is CC(C)(C)OC(=O)N[B]C(=O)O. The van der Waals surface area contributed by atoms with Crippen LogP contribution in [0.15, 0.2) is 0 Å². The smallest absolute Gasteiger partial charge is 0.395 e. The Bertz CT molecular complexity index is 186. The van der Waals surface area contributed by atoms with E-state index in [0.717, 1.165) is 0 Å². The topological polar surface area (TPSA) is 75.6 Å². The van der Waals surface area contributed by atoms with E-state index in [9.17, 15) is 9.59 Å². The summed E-state index contributed by atoms with van der Waals surface area (Å²) in [5.41, 5.74) is -0.615. The van der Waals surface area contributed by atoms with Crippen LogP contribution in [-0.4, -0.2) is 30.1 Å². The van der Waals surface area contributed by atoms with Gasteiger partial charge in [0.15, 0.2) is 0 Å². The summed E-state index contributed by atoms with van der Waals surface area (Å²) < 4.78 is 4.74. The molecule has 0 fully saturated rings. The van der Waals surface area contributed by atoms with Crippen molar-refractivity contribution in [1.82, 2.24) is 5.23 Å². The molecule has 0 bridgehead atoms. The van der Waals surface area contributed by atoms with Gasteiger partial charge in [0, 0.05) is 0 Å². The molecule has 2 N–H and O–H groups in total. The number of hydrogen-bond acceptors (Lipinski definition) is 3. The van der Waals surface area contributed by atoms with Gasteiger partial charge in [0.25, 0.3) is 5.87 Å². The maximum absolute atomic E-state index is 10.7. The Morgan fingerprint density at radius 2 is 1.92 bits per heavy atom. The van der Waals surface area contributed by atoms with Gasteiger partial charge in [-0.25, -0.2) is 4.79 Å². The van der Waals surface area contributed by atoms with Gasteiger partial charge in [0.2, 0.25) is 0 Å². The number of rotatable bonds is 2. The molecule has 0 saturated carbocycles. The van der Waals surface area contributed by atoms with Gasteiger partial charge in [0.1, 0.15) is 5.60 Å². The molecule has 0 atom stereocenters. The molecular weight excluding hydrogens is 161 g/mol. The van der Waals surface area contributed by atoms with Gasteiger partial charge in [-0.2, -0.15) is 0 Å². The first-order valence-electron chi connectivity index (χ1n) is 3.37. The summed E-state index contributed by atoms with van der Waals surface area (Å²) in [6.07, 6.45) is -0.773. The van der Waals surface area contributed by atoms with Gasteiger partial charge in [-0.3, -0.25) is 4.79 Å². The molecule has 5 nitrogen and oxygen atoms in total. The van der Waals surface area contributed by atoms with Crippen LogP contribution in [0.5, 0.6) is 0 Å². The lowest BCUT2D eigenvalue weighted by Crippen LogP contribution is -2.37. The molecule has 0 unspecified atom stereocenters. The molecular formula is C6H11BNO4. The monoisotopic (exact) mass is 172 g/mol. The highest BCUT2D eigenvalue weighted by Gasteiger charge is 2.16. The summed E-state index contributed by atoms with van der Waals surface area (Å²) in [6, 6.07) is 0. The number of carboxylic acid groups (broad SMARTS) is 1. The molecule has 0 rings (SSSR count). The van der Waals surface area contributed by atoms with Crippen LogP contribution < -0.4 is 5.23 Å². The van der Waals surface area contributed by atoms with Crippen LogP contribution in [0.4, 0.5) is 9.59 Å². The van der Waals surface area contributed by atoms with Crippen molar-refractivity contribution in [2.45, 2.75) is 26.4 Å². The van der Waals surface area contributed by atoms with E-state index >= 15 is 0 Å². The zero-order valence-corrected chi connectivity index (χ0v) is 7.25. The Labute approximate surface area is 71.4 Å². The van der Waals surface area contributed by atoms with E-state index in [1.165, 1.54) is 0 Å². The standard InChI is InChI=1S/C6H11BNO4/c1-6(2,3)12-5(11)8-7-4(9)10/h1-3H3,(H,8,11)(H,9,10). The van der Waals surface area contributed by atoms with Crippen LogP contribution in [0.1, 0.15) is 20.8 Å². The van der Waals surface area contributed by atoms with Crippen molar-refractivity contribution in [3.05, 3.63) is 0 Å². The average molecular weight is 172 g/mol. The van der Waals surface area contributed by atoms with E-state index in [4.69, 9.17) is 9.84 Å². The molecule has 0 aromatic rings. The summed E-state index contributed by atoms with van der Waals surface area (Å²) in [4.78, 5) is 20.7. The van der Waals surface area contributed by atoms with E-state index in [0.29, 0.717) is 7.41 Å². The highest BCUT2D eigenvalue weighted by molar-refractivity contribution is 6.71. The number of nitrogens with one attached hydrogen (secondary N) is 1. The van der Waals surface area contributed by atoms with E-state index < -0.39 is 17.6 Å². The van der Waals surface area contributed by atoms with Crippen LogP contribution in [0.3, 0.4) is 0 Å². The summed E-state index contributed by atoms with van der Waals surface area (Å²) in [6.45, 7) is 5.06. The second-order valence-electron chi connectivity index (χ2n) is 3.13. The van der Waals surface area contributed by atoms with Gasteiger partial charge >= 0.3 is 13.5 Å². The average Bonchev–Trinajstić information content (AvgIpc) is 1.79. The van der Waals surface area contributed by atoms with E-state index in [1.54, 1.807) is 20.8 Å². The Morgan fingerprint density at radius 1 is 1.42 bits per heavy atom. The normalized spacial score (nSPS) is 10.2. The van der Waals surface area contributed by atoms with Crippen molar-refractivity contribution in [3.8, 4) is 0 Å². The lowest BCUT2D eigenvalue weighted by molar-refractivity contribution is 0.0567. The van der Waals surface area contributed by atoms with Crippen molar-refractivity contribution in [2.24, 2.45) is 0 Å². The molecule has 0 aliphatic carbocycles. The lowest BCUT2D eigenvalue weighted by atomic mass is 9.97. The van der Waals surface area contributed by atoms with Crippen molar-refractivity contribution < 1.29 is 19.4 Å². The van der Waals surface area contributed by atoms with Crippen molar-refractivity contribution >= 4 is 19.4 Å². The summed E-state index contributed by atoms with van der Waals surface area (Å²) >= 11 is 0. The third-order valence-electron chi connectivity index (χ3n) is 0.712. The fraction of sp³-hybridized carbons (Fsp3) is 0.667. The van der Waals surface area contributed by atoms with Gasteiger partial charge in [0.05, 0.1) is 0 Å². The third kappa shape index (κ3) is 6.92.